The maximum atomic E-state index is 12.7. The molecule has 3 rings (SSSR count). The molecule has 33 heavy (non-hydrogen) atoms. The van der Waals surface area contributed by atoms with Gasteiger partial charge in [-0.15, -0.1) is 0 Å². The number of hydrogen-bond donors (Lipinski definition) is 4. The third kappa shape index (κ3) is 7.39. The number of H-pyrrole nitrogens is 1. The average Bonchev–Trinajstić information content (AvgIpc) is 3.33. The number of rotatable bonds is 10. The zero-order chi connectivity index (χ0) is 23.5. The van der Waals surface area contributed by atoms with Gasteiger partial charge in [0.25, 0.3) is 5.91 Å². The van der Waals surface area contributed by atoms with E-state index in [0.29, 0.717) is 23.6 Å². The molecule has 0 saturated carbocycles. The van der Waals surface area contributed by atoms with Crippen LogP contribution in [0.15, 0.2) is 66.2 Å². The van der Waals surface area contributed by atoms with Crippen LogP contribution in [-0.4, -0.2) is 45.9 Å². The minimum absolute atomic E-state index is 0.0101. The summed E-state index contributed by atoms with van der Waals surface area (Å²) in [5.41, 5.74) is 4.50. The van der Waals surface area contributed by atoms with Crippen LogP contribution in [0.4, 0.5) is 4.79 Å². The summed E-state index contributed by atoms with van der Waals surface area (Å²) < 4.78 is 10.5. The van der Waals surface area contributed by atoms with Gasteiger partial charge in [-0.1, -0.05) is 30.3 Å². The summed E-state index contributed by atoms with van der Waals surface area (Å²) in [6.45, 7) is 2.27. The van der Waals surface area contributed by atoms with Crippen molar-refractivity contribution in [3.63, 3.8) is 0 Å². The lowest BCUT2D eigenvalue weighted by atomic mass is 10.1. The minimum atomic E-state index is -0.954. The first-order valence-corrected chi connectivity index (χ1v) is 10.3. The van der Waals surface area contributed by atoms with Crippen molar-refractivity contribution in [1.29, 1.82) is 0 Å². The third-order valence-electron chi connectivity index (χ3n) is 4.47. The number of aromatic nitrogens is 2. The van der Waals surface area contributed by atoms with Gasteiger partial charge in [0.05, 0.1) is 19.1 Å². The molecular weight excluding hydrogens is 426 g/mol. The molecule has 0 aliphatic heterocycles. The zero-order valence-electron chi connectivity index (χ0n) is 18.0. The van der Waals surface area contributed by atoms with E-state index >= 15 is 0 Å². The van der Waals surface area contributed by atoms with E-state index in [-0.39, 0.29) is 18.8 Å². The normalized spacial score (nSPS) is 11.7. The molecule has 0 spiro atoms. The summed E-state index contributed by atoms with van der Waals surface area (Å²) in [7, 11) is 0. The fourth-order valence-corrected chi connectivity index (χ4v) is 2.86. The first-order chi connectivity index (χ1) is 16.0. The van der Waals surface area contributed by atoms with Crippen molar-refractivity contribution in [2.24, 2.45) is 5.10 Å². The number of nitrogens with zero attached hydrogens (tertiary/aromatic N) is 2. The molecule has 0 saturated heterocycles. The fourth-order valence-electron chi connectivity index (χ4n) is 2.86. The van der Waals surface area contributed by atoms with Crippen LogP contribution in [0.25, 0.3) is 0 Å². The van der Waals surface area contributed by atoms with Crippen LogP contribution in [0.5, 0.6) is 11.5 Å². The molecule has 1 heterocycles. The van der Waals surface area contributed by atoms with Crippen molar-refractivity contribution in [2.75, 3.05) is 6.61 Å². The first kappa shape index (κ1) is 23.3. The van der Waals surface area contributed by atoms with Crippen molar-refractivity contribution in [3.05, 3.63) is 77.9 Å². The Morgan fingerprint density at radius 3 is 2.79 bits per heavy atom. The SMILES string of the molecule is CCOc1cc(/C=N\NC(=O)[C@H](Cc2cnc[nH]2)NC(=O)OCc2ccccc2)ccc1O. The second-order valence-electron chi connectivity index (χ2n) is 6.93. The second-order valence-corrected chi connectivity index (χ2v) is 6.93. The number of hydrazone groups is 1. The molecule has 0 aliphatic rings. The highest BCUT2D eigenvalue weighted by molar-refractivity contribution is 5.87. The van der Waals surface area contributed by atoms with Crippen LogP contribution in [-0.2, 0) is 22.6 Å². The molecule has 0 unspecified atom stereocenters. The number of phenolic OH excluding ortho intramolecular Hbond substituents is 1. The van der Waals surface area contributed by atoms with Crippen LogP contribution in [0.1, 0.15) is 23.7 Å². The number of alkyl carbamates (subject to hydrolysis) is 1. The number of carbonyl (C=O) groups excluding carboxylic acids is 2. The Hall–Kier alpha value is -4.34. The van der Waals surface area contributed by atoms with Gasteiger partial charge in [-0.3, -0.25) is 4.79 Å². The fraction of sp³-hybridized carbons (Fsp3) is 0.217. The number of amides is 2. The number of benzene rings is 2. The number of aromatic hydroxyl groups is 1. The van der Waals surface area contributed by atoms with Crippen LogP contribution in [0.3, 0.4) is 0 Å². The predicted octanol–water partition coefficient (Wildman–Crippen LogP) is 2.50. The van der Waals surface area contributed by atoms with E-state index in [1.54, 1.807) is 25.3 Å². The smallest absolute Gasteiger partial charge is 0.408 e. The Kier molecular flexibility index (Phi) is 8.41. The van der Waals surface area contributed by atoms with E-state index in [9.17, 15) is 14.7 Å². The van der Waals surface area contributed by atoms with E-state index < -0.39 is 18.0 Å². The minimum Gasteiger partial charge on any atom is -0.504 e. The van der Waals surface area contributed by atoms with Crippen LogP contribution in [0, 0.1) is 0 Å². The molecule has 172 valence electrons. The van der Waals surface area contributed by atoms with Gasteiger partial charge >= 0.3 is 6.09 Å². The van der Waals surface area contributed by atoms with Gasteiger partial charge in [0.15, 0.2) is 11.5 Å². The van der Waals surface area contributed by atoms with Crippen molar-refractivity contribution >= 4 is 18.2 Å². The van der Waals surface area contributed by atoms with Gasteiger partial charge in [0, 0.05) is 18.3 Å². The summed E-state index contributed by atoms with van der Waals surface area (Å²) in [4.78, 5) is 31.8. The number of ether oxygens (including phenoxy) is 2. The van der Waals surface area contributed by atoms with Gasteiger partial charge in [-0.05, 0) is 36.2 Å². The average molecular weight is 451 g/mol. The topological polar surface area (TPSA) is 138 Å². The molecule has 0 radical (unpaired) electrons. The Morgan fingerprint density at radius 1 is 1.24 bits per heavy atom. The standard InChI is InChI=1S/C23H25N5O5/c1-2-32-21-10-17(8-9-20(21)29)12-26-28-22(30)19(11-18-13-24-15-25-18)27-23(31)33-14-16-6-4-3-5-7-16/h3-10,12-13,15,19,29H,2,11,14H2,1H3,(H,24,25)(H,27,31)(H,28,30)/b26-12-/t19-/m0/s1. The number of hydrogen-bond acceptors (Lipinski definition) is 7. The lowest BCUT2D eigenvalue weighted by Crippen LogP contribution is -2.47. The molecule has 0 fully saturated rings. The highest BCUT2D eigenvalue weighted by Crippen LogP contribution is 2.26. The lowest BCUT2D eigenvalue weighted by Gasteiger charge is -2.16. The van der Waals surface area contributed by atoms with Gasteiger partial charge in [0.2, 0.25) is 0 Å². The number of imidazole rings is 1. The van der Waals surface area contributed by atoms with E-state index in [1.165, 1.54) is 18.6 Å². The number of nitrogens with one attached hydrogen (secondary N) is 3. The first-order valence-electron chi connectivity index (χ1n) is 10.3. The molecule has 10 nitrogen and oxygen atoms in total. The zero-order valence-corrected chi connectivity index (χ0v) is 18.0. The molecular formula is C23H25N5O5. The molecule has 4 N–H and O–H groups in total. The Bertz CT molecular complexity index is 1070. The number of aromatic amines is 1. The third-order valence-corrected chi connectivity index (χ3v) is 4.47. The molecule has 3 aromatic rings. The summed E-state index contributed by atoms with van der Waals surface area (Å²) in [6.07, 6.45) is 3.88. The second kappa shape index (κ2) is 11.9. The van der Waals surface area contributed by atoms with Gasteiger partial charge in [-0.2, -0.15) is 5.10 Å². The van der Waals surface area contributed by atoms with Crippen molar-refractivity contribution in [2.45, 2.75) is 26.0 Å². The molecule has 10 heteroatoms. The Morgan fingerprint density at radius 2 is 2.06 bits per heavy atom. The Labute approximate surface area is 190 Å². The molecule has 2 amide bonds. The van der Waals surface area contributed by atoms with Gasteiger partial charge < -0.3 is 24.9 Å². The summed E-state index contributed by atoms with van der Waals surface area (Å²) in [6, 6.07) is 12.9. The monoisotopic (exact) mass is 451 g/mol. The van der Waals surface area contributed by atoms with Gasteiger partial charge in [-0.25, -0.2) is 15.2 Å². The highest BCUT2D eigenvalue weighted by Gasteiger charge is 2.22. The van der Waals surface area contributed by atoms with Crippen molar-refractivity contribution in [3.8, 4) is 11.5 Å². The van der Waals surface area contributed by atoms with E-state index in [2.05, 4.69) is 25.8 Å². The molecule has 1 atom stereocenters. The number of phenols is 1. The molecule has 0 bridgehead atoms. The number of carbonyl (C=O) groups is 2. The van der Waals surface area contributed by atoms with Crippen LogP contribution >= 0.6 is 0 Å². The largest absolute Gasteiger partial charge is 0.504 e. The maximum absolute atomic E-state index is 12.7. The lowest BCUT2D eigenvalue weighted by molar-refractivity contribution is -0.123. The van der Waals surface area contributed by atoms with Crippen LogP contribution in [0.2, 0.25) is 0 Å². The van der Waals surface area contributed by atoms with E-state index in [4.69, 9.17) is 9.47 Å². The quantitative estimate of drug-likeness (QED) is 0.276. The summed E-state index contributed by atoms with van der Waals surface area (Å²) in [5.74, 6) is -0.218. The van der Waals surface area contributed by atoms with E-state index in [1.807, 2.05) is 30.3 Å². The van der Waals surface area contributed by atoms with Crippen molar-refractivity contribution < 1.29 is 24.2 Å². The Balaban J connectivity index is 1.61. The summed E-state index contributed by atoms with van der Waals surface area (Å²) >= 11 is 0. The maximum Gasteiger partial charge on any atom is 0.408 e. The molecule has 2 aromatic carbocycles. The van der Waals surface area contributed by atoms with E-state index in [0.717, 1.165) is 5.56 Å². The molecule has 0 aliphatic carbocycles. The molecule has 1 aromatic heterocycles. The van der Waals surface area contributed by atoms with Crippen LogP contribution < -0.4 is 15.5 Å². The highest BCUT2D eigenvalue weighted by atomic mass is 16.5. The summed E-state index contributed by atoms with van der Waals surface area (Å²) in [5, 5.41) is 16.3. The predicted molar refractivity (Wildman–Crippen MR) is 121 cm³/mol. The van der Waals surface area contributed by atoms with Crippen molar-refractivity contribution in [1.82, 2.24) is 20.7 Å². The van der Waals surface area contributed by atoms with Gasteiger partial charge in [0.1, 0.15) is 12.6 Å².